The van der Waals surface area contributed by atoms with Crippen molar-refractivity contribution >= 4 is 5.91 Å². The van der Waals surface area contributed by atoms with Gasteiger partial charge in [0.1, 0.15) is 0 Å². The third kappa shape index (κ3) is 3.58. The second kappa shape index (κ2) is 7.07. The van der Waals surface area contributed by atoms with Gasteiger partial charge in [-0.25, -0.2) is 0 Å². The van der Waals surface area contributed by atoms with Crippen molar-refractivity contribution in [2.24, 2.45) is 0 Å². The molecular weight excluding hydrogens is 266 g/mol. The van der Waals surface area contributed by atoms with Crippen LogP contribution in [0.3, 0.4) is 0 Å². The Morgan fingerprint density at radius 1 is 1.29 bits per heavy atom. The molecule has 5 nitrogen and oxygen atoms in total. The molecule has 1 saturated carbocycles. The highest BCUT2D eigenvalue weighted by atomic mass is 16.5. The van der Waals surface area contributed by atoms with E-state index in [9.17, 15) is 4.79 Å². The number of piperidine rings is 1. The highest BCUT2D eigenvalue weighted by Gasteiger charge is 2.38. The highest BCUT2D eigenvalue weighted by Crippen LogP contribution is 2.27. The monoisotopic (exact) mass is 295 g/mol. The first-order valence-electron chi connectivity index (χ1n) is 8.66. The van der Waals surface area contributed by atoms with Crippen LogP contribution in [0, 0.1) is 0 Å². The zero-order valence-electron chi connectivity index (χ0n) is 13.1. The van der Waals surface area contributed by atoms with Gasteiger partial charge in [-0.2, -0.15) is 0 Å². The van der Waals surface area contributed by atoms with E-state index < -0.39 is 0 Å². The van der Waals surface area contributed by atoms with Crippen LogP contribution in [0.1, 0.15) is 45.4 Å². The molecule has 1 atom stereocenters. The molecule has 3 fully saturated rings. The summed E-state index contributed by atoms with van der Waals surface area (Å²) in [6, 6.07) is 1.05. The van der Waals surface area contributed by atoms with E-state index >= 15 is 0 Å². The predicted octanol–water partition coefficient (Wildman–Crippen LogP) is 0.887. The summed E-state index contributed by atoms with van der Waals surface area (Å²) in [5.74, 6) is 0.256. The minimum Gasteiger partial charge on any atom is -0.378 e. The van der Waals surface area contributed by atoms with Crippen molar-refractivity contribution in [3.8, 4) is 0 Å². The van der Waals surface area contributed by atoms with Crippen molar-refractivity contribution in [3.05, 3.63) is 0 Å². The molecular formula is C16H29N3O2. The van der Waals surface area contributed by atoms with E-state index in [-0.39, 0.29) is 11.9 Å². The van der Waals surface area contributed by atoms with E-state index in [4.69, 9.17) is 4.74 Å². The second-order valence-electron chi connectivity index (χ2n) is 6.63. The predicted molar refractivity (Wildman–Crippen MR) is 82.2 cm³/mol. The van der Waals surface area contributed by atoms with Gasteiger partial charge in [0.2, 0.25) is 5.91 Å². The molecule has 1 aliphatic carbocycles. The molecule has 0 aromatic rings. The lowest BCUT2D eigenvalue weighted by Crippen LogP contribution is -2.55. The van der Waals surface area contributed by atoms with E-state index in [1.807, 2.05) is 6.92 Å². The topological polar surface area (TPSA) is 53.6 Å². The van der Waals surface area contributed by atoms with E-state index in [1.165, 1.54) is 12.8 Å². The SMILES string of the molecule is CCOC1CC(NC(=O)C2CCCN2C2CCNCC2)C1. The number of amides is 1. The molecule has 2 aliphatic heterocycles. The maximum Gasteiger partial charge on any atom is 0.237 e. The lowest BCUT2D eigenvalue weighted by atomic mass is 9.89. The number of carbonyl (C=O) groups is 1. The summed E-state index contributed by atoms with van der Waals surface area (Å²) < 4.78 is 5.56. The van der Waals surface area contributed by atoms with Gasteiger partial charge in [0.05, 0.1) is 12.1 Å². The average Bonchev–Trinajstić information content (AvgIpc) is 2.95. The summed E-state index contributed by atoms with van der Waals surface area (Å²) in [6.07, 6.45) is 6.88. The van der Waals surface area contributed by atoms with Gasteiger partial charge in [-0.15, -0.1) is 0 Å². The van der Waals surface area contributed by atoms with Crippen molar-refractivity contribution in [2.75, 3.05) is 26.2 Å². The Morgan fingerprint density at radius 3 is 2.76 bits per heavy atom. The number of likely N-dealkylation sites (tertiary alicyclic amines) is 1. The van der Waals surface area contributed by atoms with Crippen LogP contribution in [-0.2, 0) is 9.53 Å². The summed E-state index contributed by atoms with van der Waals surface area (Å²) >= 11 is 0. The summed E-state index contributed by atoms with van der Waals surface area (Å²) in [4.78, 5) is 15.0. The van der Waals surface area contributed by atoms with Crippen LogP contribution in [0.4, 0.5) is 0 Å². The van der Waals surface area contributed by atoms with E-state index in [0.717, 1.165) is 51.9 Å². The molecule has 5 heteroatoms. The fourth-order valence-corrected chi connectivity index (χ4v) is 4.00. The van der Waals surface area contributed by atoms with Crippen LogP contribution in [0.15, 0.2) is 0 Å². The summed E-state index contributed by atoms with van der Waals surface area (Å²) in [5, 5.41) is 6.65. The molecule has 2 saturated heterocycles. The summed E-state index contributed by atoms with van der Waals surface area (Å²) in [5.41, 5.74) is 0. The van der Waals surface area contributed by atoms with Crippen molar-refractivity contribution in [1.29, 1.82) is 0 Å². The van der Waals surface area contributed by atoms with E-state index in [1.54, 1.807) is 0 Å². The molecule has 3 aliphatic rings. The number of hydrogen-bond donors (Lipinski definition) is 2. The normalized spacial score (nSPS) is 34.6. The van der Waals surface area contributed by atoms with Gasteiger partial charge < -0.3 is 15.4 Å². The molecule has 0 aromatic carbocycles. The largest absolute Gasteiger partial charge is 0.378 e. The number of ether oxygens (including phenoxy) is 1. The maximum absolute atomic E-state index is 12.6. The molecule has 21 heavy (non-hydrogen) atoms. The molecule has 2 N–H and O–H groups in total. The Morgan fingerprint density at radius 2 is 2.05 bits per heavy atom. The van der Waals surface area contributed by atoms with Crippen LogP contribution < -0.4 is 10.6 Å². The number of hydrogen-bond acceptors (Lipinski definition) is 4. The standard InChI is InChI=1S/C16H29N3O2/c1-2-21-14-10-12(11-14)18-16(20)15-4-3-9-19(15)13-5-7-17-8-6-13/h12-15,17H,2-11H2,1H3,(H,18,20). The Hall–Kier alpha value is -0.650. The van der Waals surface area contributed by atoms with E-state index in [0.29, 0.717) is 18.2 Å². The minimum absolute atomic E-state index is 0.110. The van der Waals surface area contributed by atoms with Gasteiger partial charge in [-0.1, -0.05) is 0 Å². The Kier molecular flexibility index (Phi) is 5.14. The summed E-state index contributed by atoms with van der Waals surface area (Å²) in [6.45, 7) is 6.08. The molecule has 1 unspecified atom stereocenters. The smallest absolute Gasteiger partial charge is 0.237 e. The first kappa shape index (κ1) is 15.3. The molecule has 0 bridgehead atoms. The number of carbonyl (C=O) groups excluding carboxylic acids is 1. The average molecular weight is 295 g/mol. The summed E-state index contributed by atoms with van der Waals surface area (Å²) in [7, 11) is 0. The van der Waals surface area contributed by atoms with Crippen LogP contribution in [-0.4, -0.2) is 61.3 Å². The molecule has 0 spiro atoms. The number of nitrogens with zero attached hydrogens (tertiary/aromatic N) is 1. The Bertz CT molecular complexity index is 351. The molecule has 2 heterocycles. The Labute approximate surface area is 127 Å². The second-order valence-corrected chi connectivity index (χ2v) is 6.63. The molecule has 120 valence electrons. The maximum atomic E-state index is 12.6. The fraction of sp³-hybridized carbons (Fsp3) is 0.938. The minimum atomic E-state index is 0.110. The van der Waals surface area contributed by atoms with E-state index in [2.05, 4.69) is 15.5 Å². The van der Waals surface area contributed by atoms with Crippen LogP contribution in [0.2, 0.25) is 0 Å². The van der Waals surface area contributed by atoms with Gasteiger partial charge in [-0.05, 0) is 65.1 Å². The van der Waals surface area contributed by atoms with Gasteiger partial charge in [0, 0.05) is 18.7 Å². The van der Waals surface area contributed by atoms with Crippen LogP contribution >= 0.6 is 0 Å². The quantitative estimate of drug-likeness (QED) is 0.791. The third-order valence-corrected chi connectivity index (χ3v) is 5.22. The van der Waals surface area contributed by atoms with Crippen molar-refractivity contribution in [2.45, 2.75) is 69.7 Å². The molecule has 0 radical (unpaired) electrons. The number of rotatable bonds is 5. The molecule has 3 rings (SSSR count). The molecule has 0 aromatic heterocycles. The van der Waals surface area contributed by atoms with Crippen LogP contribution in [0.5, 0.6) is 0 Å². The molecule has 1 amide bonds. The van der Waals surface area contributed by atoms with Crippen molar-refractivity contribution in [1.82, 2.24) is 15.5 Å². The fourth-order valence-electron chi connectivity index (χ4n) is 4.00. The van der Waals surface area contributed by atoms with Crippen LogP contribution in [0.25, 0.3) is 0 Å². The van der Waals surface area contributed by atoms with Gasteiger partial charge in [0.25, 0.3) is 0 Å². The highest BCUT2D eigenvalue weighted by molar-refractivity contribution is 5.82. The van der Waals surface area contributed by atoms with Gasteiger partial charge in [0.15, 0.2) is 0 Å². The third-order valence-electron chi connectivity index (χ3n) is 5.22. The lowest BCUT2D eigenvalue weighted by Gasteiger charge is -2.38. The van der Waals surface area contributed by atoms with Crippen molar-refractivity contribution in [3.63, 3.8) is 0 Å². The van der Waals surface area contributed by atoms with Gasteiger partial charge in [-0.3, -0.25) is 9.69 Å². The Balaban J connectivity index is 1.47. The first-order valence-corrected chi connectivity index (χ1v) is 8.66. The van der Waals surface area contributed by atoms with Crippen molar-refractivity contribution < 1.29 is 9.53 Å². The zero-order chi connectivity index (χ0) is 14.7. The number of nitrogens with one attached hydrogen (secondary N) is 2. The zero-order valence-corrected chi connectivity index (χ0v) is 13.1. The first-order chi connectivity index (χ1) is 10.3. The lowest BCUT2D eigenvalue weighted by molar-refractivity contribution is -0.129. The van der Waals surface area contributed by atoms with Gasteiger partial charge >= 0.3 is 0 Å².